The molecule has 2 aromatic heterocycles. The van der Waals surface area contributed by atoms with E-state index in [4.69, 9.17) is 11.5 Å². The quantitative estimate of drug-likeness (QED) is 0.263. The lowest BCUT2D eigenvalue weighted by atomic mass is 9.92. The number of nitrogens with zero attached hydrogens (tertiary/aromatic N) is 4. The molecule has 2 heterocycles. The molecule has 6 N–H and O–H groups in total. The second-order valence-electron chi connectivity index (χ2n) is 9.31. The maximum absolute atomic E-state index is 12.4. The number of carbonyl (C=O) groups excluding carboxylic acids is 2. The number of nitrogens with one attached hydrogen (secondary N) is 2. The molecule has 2 rings (SSSR count). The van der Waals surface area contributed by atoms with Crippen LogP contribution in [0.1, 0.15) is 51.6 Å². The normalized spacial score (nSPS) is 15.1. The van der Waals surface area contributed by atoms with E-state index in [0.29, 0.717) is 10.3 Å². The third-order valence-electron chi connectivity index (χ3n) is 5.84. The zero-order valence-corrected chi connectivity index (χ0v) is 23.7. The van der Waals surface area contributed by atoms with Crippen LogP contribution < -0.4 is 22.1 Å². The molecule has 0 aliphatic carbocycles. The maximum Gasteiger partial charge on any atom is 0.230 e. The average Bonchev–Trinajstić information content (AvgIpc) is 3.45. The molecule has 0 aliphatic rings. The number of hydrogen-bond donors (Lipinski definition) is 4. The Kier molecular flexibility index (Phi) is 12.0. The second kappa shape index (κ2) is 14.2. The van der Waals surface area contributed by atoms with Gasteiger partial charge in [0.2, 0.25) is 22.1 Å². The smallest absolute Gasteiger partial charge is 0.230 e. The highest BCUT2D eigenvalue weighted by Crippen LogP contribution is 2.22. The molecule has 4 unspecified atom stereocenters. The van der Waals surface area contributed by atoms with Gasteiger partial charge in [-0.1, -0.05) is 64.2 Å². The zero-order valence-electron chi connectivity index (χ0n) is 21.3. The lowest BCUT2D eigenvalue weighted by Crippen LogP contribution is -2.40. The molecular weight excluding hydrogens is 504 g/mol. The summed E-state index contributed by atoms with van der Waals surface area (Å²) in [7, 11) is 0. The summed E-state index contributed by atoms with van der Waals surface area (Å²) in [6.07, 6.45) is 1.54. The van der Waals surface area contributed by atoms with Crippen LogP contribution >= 0.6 is 34.4 Å². The Balaban J connectivity index is 1.69. The first-order valence-electron chi connectivity index (χ1n) is 11.8. The molecule has 2 aromatic rings. The van der Waals surface area contributed by atoms with Gasteiger partial charge < -0.3 is 22.1 Å². The minimum Gasteiger partial charge on any atom is -0.327 e. The van der Waals surface area contributed by atoms with Crippen molar-refractivity contribution in [1.29, 1.82) is 0 Å². The maximum atomic E-state index is 12.4. The van der Waals surface area contributed by atoms with E-state index in [-0.39, 0.29) is 47.6 Å². The molecule has 0 aliphatic heterocycles. The number of anilines is 2. The van der Waals surface area contributed by atoms with Crippen LogP contribution in [0.15, 0.2) is 0 Å². The highest BCUT2D eigenvalue weighted by Gasteiger charge is 2.25. The summed E-state index contributed by atoms with van der Waals surface area (Å²) in [5.41, 5.74) is 12.2. The van der Waals surface area contributed by atoms with Crippen molar-refractivity contribution < 1.29 is 9.59 Å². The number of thioether (sulfide) groups is 1. The van der Waals surface area contributed by atoms with E-state index < -0.39 is 0 Å². The Morgan fingerprint density at radius 1 is 0.743 bits per heavy atom. The minimum absolute atomic E-state index is 0.131. The molecule has 0 fully saturated rings. The van der Waals surface area contributed by atoms with Gasteiger partial charge in [0.05, 0.1) is 11.8 Å². The van der Waals surface area contributed by atoms with Crippen LogP contribution in [0, 0.1) is 23.7 Å². The van der Waals surface area contributed by atoms with E-state index in [9.17, 15) is 9.59 Å². The van der Waals surface area contributed by atoms with Crippen LogP contribution in [-0.4, -0.2) is 55.8 Å². The summed E-state index contributed by atoms with van der Waals surface area (Å²) in [5.74, 6) is 1.35. The number of nitrogens with two attached hydrogens (primary N) is 2. The Morgan fingerprint density at radius 2 is 1.11 bits per heavy atom. The number of amides is 2. The highest BCUT2D eigenvalue weighted by molar-refractivity contribution is 7.99. The van der Waals surface area contributed by atoms with Gasteiger partial charge in [-0.15, -0.1) is 20.4 Å². The summed E-state index contributed by atoms with van der Waals surface area (Å²) >= 11 is 4.56. The third-order valence-corrected chi connectivity index (χ3v) is 8.62. The first kappa shape index (κ1) is 29.6. The topological polar surface area (TPSA) is 162 Å². The van der Waals surface area contributed by atoms with Gasteiger partial charge in [-0.05, 0) is 23.3 Å². The van der Waals surface area contributed by atoms with Crippen molar-refractivity contribution in [3.05, 3.63) is 10.0 Å². The van der Waals surface area contributed by atoms with Gasteiger partial charge in [-0.25, -0.2) is 0 Å². The van der Waals surface area contributed by atoms with Gasteiger partial charge in [0.1, 0.15) is 10.0 Å². The molecule has 35 heavy (non-hydrogen) atoms. The number of aromatic nitrogens is 4. The lowest BCUT2D eigenvalue weighted by molar-refractivity contribution is -0.121. The molecule has 0 spiro atoms. The molecule has 10 nitrogen and oxygen atoms in total. The van der Waals surface area contributed by atoms with Crippen LogP contribution in [-0.2, 0) is 22.4 Å². The molecule has 0 radical (unpaired) electrons. The number of carbonyl (C=O) groups is 2. The van der Waals surface area contributed by atoms with Crippen molar-refractivity contribution in [3.8, 4) is 0 Å². The van der Waals surface area contributed by atoms with Gasteiger partial charge >= 0.3 is 0 Å². The van der Waals surface area contributed by atoms with Gasteiger partial charge in [0.15, 0.2) is 0 Å². The average molecular weight is 543 g/mol. The van der Waals surface area contributed by atoms with Gasteiger partial charge in [0.25, 0.3) is 0 Å². The molecule has 2 amide bonds. The van der Waals surface area contributed by atoms with Crippen LogP contribution in [0.2, 0.25) is 0 Å². The van der Waals surface area contributed by atoms with Crippen LogP contribution in [0.4, 0.5) is 10.3 Å². The van der Waals surface area contributed by atoms with Gasteiger partial charge in [-0.2, -0.15) is 11.8 Å². The largest absolute Gasteiger partial charge is 0.327 e. The molecule has 0 aromatic carbocycles. The van der Waals surface area contributed by atoms with E-state index in [0.717, 1.165) is 34.4 Å². The zero-order chi connectivity index (χ0) is 26.1. The summed E-state index contributed by atoms with van der Waals surface area (Å²) in [5, 5.41) is 24.9. The Hall–Kier alpha value is -1.67. The van der Waals surface area contributed by atoms with Crippen molar-refractivity contribution in [3.63, 3.8) is 0 Å². The molecule has 4 atom stereocenters. The standard InChI is InChI=1S/C22H38N8O2S3/c1-11(2)17(23)13(5)19(31)25-21-29-27-15(34-21)7-9-33-10-8-16-28-30-22(35-16)26-20(32)14(6)18(24)12(3)4/h11-14,17-18H,7-10,23-24H2,1-6H3,(H,25,29,31)(H,26,30,32). The predicted molar refractivity (Wildman–Crippen MR) is 146 cm³/mol. The predicted octanol–water partition coefficient (Wildman–Crippen LogP) is 3.02. The van der Waals surface area contributed by atoms with Crippen LogP contribution in [0.3, 0.4) is 0 Å². The molecule has 0 saturated carbocycles. The Morgan fingerprint density at radius 3 is 1.46 bits per heavy atom. The first-order chi connectivity index (χ1) is 16.5. The van der Waals surface area contributed by atoms with Crippen LogP contribution in [0.25, 0.3) is 0 Å². The first-order valence-corrected chi connectivity index (χ1v) is 14.6. The molecule has 0 saturated heterocycles. The second-order valence-corrected chi connectivity index (χ2v) is 12.7. The monoisotopic (exact) mass is 542 g/mol. The third kappa shape index (κ3) is 9.37. The SMILES string of the molecule is CC(C)C(N)C(C)C(=O)Nc1nnc(CCSCCc2nnc(NC(=O)C(C)C(N)C(C)C)s2)s1. The fourth-order valence-corrected chi connectivity index (χ4v) is 5.80. The molecule has 0 bridgehead atoms. The summed E-state index contributed by atoms with van der Waals surface area (Å²) < 4.78 is 0. The Bertz CT molecular complexity index is 875. The van der Waals surface area contributed by atoms with Gasteiger partial charge in [0, 0.05) is 24.9 Å². The summed E-state index contributed by atoms with van der Waals surface area (Å²) in [6.45, 7) is 11.7. The molecule has 196 valence electrons. The van der Waals surface area contributed by atoms with Crippen molar-refractivity contribution in [1.82, 2.24) is 20.4 Å². The highest BCUT2D eigenvalue weighted by atomic mass is 32.2. The summed E-state index contributed by atoms with van der Waals surface area (Å²) in [4.78, 5) is 24.7. The van der Waals surface area contributed by atoms with Crippen LogP contribution in [0.5, 0.6) is 0 Å². The van der Waals surface area contributed by atoms with Crippen molar-refractivity contribution in [2.45, 2.75) is 66.5 Å². The fraction of sp³-hybridized carbons (Fsp3) is 0.727. The molecule has 13 heteroatoms. The van der Waals surface area contributed by atoms with E-state index in [1.165, 1.54) is 22.7 Å². The molecular formula is C22H38N8O2S3. The van der Waals surface area contributed by atoms with E-state index in [2.05, 4.69) is 31.0 Å². The van der Waals surface area contributed by atoms with Gasteiger partial charge in [-0.3, -0.25) is 9.59 Å². The lowest BCUT2D eigenvalue weighted by Gasteiger charge is -2.21. The van der Waals surface area contributed by atoms with Crippen molar-refractivity contribution in [2.75, 3.05) is 22.1 Å². The number of aryl methyl sites for hydroxylation is 2. The van der Waals surface area contributed by atoms with E-state index in [1.807, 2.05) is 41.5 Å². The summed E-state index contributed by atoms with van der Waals surface area (Å²) in [6, 6.07) is -0.406. The van der Waals surface area contributed by atoms with Crippen molar-refractivity contribution in [2.24, 2.45) is 35.1 Å². The fourth-order valence-electron chi connectivity index (χ4n) is 3.17. The van der Waals surface area contributed by atoms with E-state index >= 15 is 0 Å². The van der Waals surface area contributed by atoms with Crippen molar-refractivity contribution >= 4 is 56.5 Å². The number of rotatable bonds is 14. The number of hydrogen-bond acceptors (Lipinski definition) is 11. The minimum atomic E-state index is -0.298. The van der Waals surface area contributed by atoms with E-state index in [1.54, 1.807) is 11.8 Å². The Labute approximate surface area is 219 Å².